The van der Waals surface area contributed by atoms with Crippen molar-refractivity contribution >= 4 is 22.1 Å². The van der Waals surface area contributed by atoms with Gasteiger partial charge in [-0.25, -0.2) is 9.07 Å². The van der Waals surface area contributed by atoms with Gasteiger partial charge in [-0.15, -0.1) is 5.10 Å². The third-order valence-corrected chi connectivity index (χ3v) is 3.56. The maximum atomic E-state index is 4.63. The second kappa shape index (κ2) is 3.77. The van der Waals surface area contributed by atoms with Crippen molar-refractivity contribution in [2.24, 2.45) is 0 Å². The summed E-state index contributed by atoms with van der Waals surface area (Å²) >= 11 is -0.215. The minimum atomic E-state index is -0.215. The van der Waals surface area contributed by atoms with E-state index in [1.165, 1.54) is 0 Å². The van der Waals surface area contributed by atoms with E-state index < -0.39 is 0 Å². The Kier molecular flexibility index (Phi) is 2.70. The van der Waals surface area contributed by atoms with Gasteiger partial charge in [0, 0.05) is 22.7 Å². The predicted molar refractivity (Wildman–Crippen MR) is 72.5 cm³/mol. The maximum Gasteiger partial charge on any atom is 0.182 e. The van der Waals surface area contributed by atoms with Gasteiger partial charge in [-0.3, -0.25) is 0 Å². The first-order valence-electron chi connectivity index (χ1n) is 5.42. The number of hydrogen-bond donors (Lipinski definition) is 1. The van der Waals surface area contributed by atoms with Crippen LogP contribution < -0.4 is 0 Å². The standard InChI is InChI=1S/C12H19N3S/c1-12(2,3)10-7-6-9-8-15(16(4)5)14-11(9)13-10/h6-8,16H,1-5H3. The van der Waals surface area contributed by atoms with Crippen molar-refractivity contribution in [2.75, 3.05) is 12.5 Å². The van der Waals surface area contributed by atoms with Crippen LogP contribution in [-0.2, 0) is 5.41 Å². The van der Waals surface area contributed by atoms with Crippen LogP contribution in [0.1, 0.15) is 26.5 Å². The molecule has 0 atom stereocenters. The minimum absolute atomic E-state index is 0.0845. The second-order valence-electron chi connectivity index (χ2n) is 5.26. The van der Waals surface area contributed by atoms with Gasteiger partial charge < -0.3 is 0 Å². The zero-order chi connectivity index (χ0) is 11.9. The summed E-state index contributed by atoms with van der Waals surface area (Å²) in [6.45, 7) is 6.51. The van der Waals surface area contributed by atoms with Crippen molar-refractivity contribution in [2.45, 2.75) is 26.2 Å². The molecule has 0 spiro atoms. The molecule has 4 heteroatoms. The summed E-state index contributed by atoms with van der Waals surface area (Å²) in [7, 11) is 0. The van der Waals surface area contributed by atoms with Crippen molar-refractivity contribution < 1.29 is 0 Å². The van der Waals surface area contributed by atoms with Gasteiger partial charge in [-0.1, -0.05) is 20.8 Å². The Morgan fingerprint density at radius 1 is 1.19 bits per heavy atom. The molecule has 0 aliphatic heterocycles. The van der Waals surface area contributed by atoms with Crippen molar-refractivity contribution in [3.05, 3.63) is 24.0 Å². The van der Waals surface area contributed by atoms with Crippen LogP contribution in [0.25, 0.3) is 11.0 Å². The smallest absolute Gasteiger partial charge is 0.182 e. The van der Waals surface area contributed by atoms with E-state index in [9.17, 15) is 0 Å². The molecule has 2 heterocycles. The van der Waals surface area contributed by atoms with E-state index in [0.29, 0.717) is 0 Å². The Balaban J connectivity index is 2.54. The molecule has 0 amide bonds. The first-order chi connectivity index (χ1) is 7.38. The van der Waals surface area contributed by atoms with E-state index in [1.54, 1.807) is 0 Å². The largest absolute Gasteiger partial charge is 0.234 e. The van der Waals surface area contributed by atoms with E-state index in [1.807, 2.05) is 4.09 Å². The molecule has 0 fully saturated rings. The number of thiol groups is 1. The molecule has 16 heavy (non-hydrogen) atoms. The number of rotatable bonds is 1. The highest BCUT2D eigenvalue weighted by Crippen LogP contribution is 2.24. The molecule has 0 saturated carbocycles. The maximum absolute atomic E-state index is 4.63. The Labute approximate surface area is 99.4 Å². The molecule has 0 bridgehead atoms. The molecule has 2 aromatic rings. The van der Waals surface area contributed by atoms with Crippen LogP contribution in [0.15, 0.2) is 18.3 Å². The number of nitrogens with zero attached hydrogens (tertiary/aromatic N) is 3. The monoisotopic (exact) mass is 237 g/mol. The molecule has 2 rings (SSSR count). The first kappa shape index (κ1) is 11.5. The predicted octanol–water partition coefficient (Wildman–Crippen LogP) is 2.75. The first-order valence-corrected chi connectivity index (χ1v) is 7.61. The summed E-state index contributed by atoms with van der Waals surface area (Å²) in [5.41, 5.74) is 2.05. The molecule has 0 radical (unpaired) electrons. The molecule has 3 nitrogen and oxygen atoms in total. The van der Waals surface area contributed by atoms with Crippen molar-refractivity contribution in [3.8, 4) is 0 Å². The normalized spacial score (nSPS) is 13.2. The number of pyridine rings is 1. The lowest BCUT2D eigenvalue weighted by atomic mass is 9.91. The molecule has 88 valence electrons. The lowest BCUT2D eigenvalue weighted by Crippen LogP contribution is -2.13. The van der Waals surface area contributed by atoms with E-state index in [0.717, 1.165) is 16.7 Å². The van der Waals surface area contributed by atoms with Gasteiger partial charge in [0.15, 0.2) is 5.65 Å². The van der Waals surface area contributed by atoms with Crippen molar-refractivity contribution in [1.82, 2.24) is 14.2 Å². The van der Waals surface area contributed by atoms with Gasteiger partial charge in [0.25, 0.3) is 0 Å². The quantitative estimate of drug-likeness (QED) is 0.773. The van der Waals surface area contributed by atoms with Crippen LogP contribution in [0.2, 0.25) is 0 Å². The summed E-state index contributed by atoms with van der Waals surface area (Å²) < 4.78 is 2.03. The fourth-order valence-electron chi connectivity index (χ4n) is 1.51. The Hall–Kier alpha value is -1.03. The summed E-state index contributed by atoms with van der Waals surface area (Å²) in [6, 6.07) is 4.22. The van der Waals surface area contributed by atoms with Crippen LogP contribution >= 0.6 is 11.1 Å². The fraction of sp³-hybridized carbons (Fsp3) is 0.500. The van der Waals surface area contributed by atoms with Gasteiger partial charge >= 0.3 is 0 Å². The van der Waals surface area contributed by atoms with E-state index in [-0.39, 0.29) is 16.5 Å². The van der Waals surface area contributed by atoms with Crippen molar-refractivity contribution in [3.63, 3.8) is 0 Å². The van der Waals surface area contributed by atoms with Crippen LogP contribution in [0.3, 0.4) is 0 Å². The second-order valence-corrected chi connectivity index (χ2v) is 7.36. The van der Waals surface area contributed by atoms with Crippen LogP contribution in [-0.4, -0.2) is 26.7 Å². The summed E-state index contributed by atoms with van der Waals surface area (Å²) in [5, 5.41) is 5.65. The lowest BCUT2D eigenvalue weighted by Gasteiger charge is -2.16. The zero-order valence-corrected chi connectivity index (χ0v) is 11.4. The average Bonchev–Trinajstić information content (AvgIpc) is 2.58. The highest BCUT2D eigenvalue weighted by molar-refractivity contribution is 8.14. The van der Waals surface area contributed by atoms with Gasteiger partial charge in [0.05, 0.1) is 0 Å². The van der Waals surface area contributed by atoms with E-state index >= 15 is 0 Å². The molecule has 2 aromatic heterocycles. The highest BCUT2D eigenvalue weighted by Gasteiger charge is 2.16. The zero-order valence-electron chi connectivity index (χ0n) is 10.5. The van der Waals surface area contributed by atoms with Gasteiger partial charge in [0.1, 0.15) is 0 Å². The van der Waals surface area contributed by atoms with Gasteiger partial charge in [-0.2, -0.15) is 11.1 Å². The summed E-state index contributed by atoms with van der Waals surface area (Å²) in [5.74, 6) is 0. The third kappa shape index (κ3) is 2.07. The number of hydrogen-bond acceptors (Lipinski definition) is 2. The molecule has 0 saturated heterocycles. The highest BCUT2D eigenvalue weighted by atomic mass is 32.2. The SMILES string of the molecule is C[SH](C)n1cc2ccc(C(C)(C)C)nc2n1. The number of aromatic nitrogens is 3. The van der Waals surface area contributed by atoms with Gasteiger partial charge in [-0.05, 0) is 24.6 Å². The molecule has 0 aromatic carbocycles. The van der Waals surface area contributed by atoms with E-state index in [4.69, 9.17) is 0 Å². The van der Waals surface area contributed by atoms with Crippen LogP contribution in [0.5, 0.6) is 0 Å². The molecule has 0 N–H and O–H groups in total. The van der Waals surface area contributed by atoms with Crippen molar-refractivity contribution in [1.29, 1.82) is 0 Å². The lowest BCUT2D eigenvalue weighted by molar-refractivity contribution is 0.571. The third-order valence-electron chi connectivity index (χ3n) is 2.54. The Morgan fingerprint density at radius 2 is 1.88 bits per heavy atom. The van der Waals surface area contributed by atoms with E-state index in [2.05, 4.69) is 61.7 Å². The minimum Gasteiger partial charge on any atom is -0.234 e. The molecular weight excluding hydrogens is 218 g/mol. The molecule has 0 aliphatic rings. The molecule has 0 unspecified atom stereocenters. The van der Waals surface area contributed by atoms with Crippen LogP contribution in [0.4, 0.5) is 0 Å². The fourth-order valence-corrected chi connectivity index (χ4v) is 2.13. The summed E-state index contributed by atoms with van der Waals surface area (Å²) in [4.78, 5) is 4.63. The Morgan fingerprint density at radius 3 is 2.44 bits per heavy atom. The molecular formula is C12H19N3S. The van der Waals surface area contributed by atoms with Crippen LogP contribution in [0, 0.1) is 0 Å². The average molecular weight is 237 g/mol. The topological polar surface area (TPSA) is 30.7 Å². The number of fused-ring (bicyclic) bond motifs is 1. The summed E-state index contributed by atoms with van der Waals surface area (Å²) in [6.07, 6.45) is 6.46. The Bertz CT molecular complexity index is 508. The van der Waals surface area contributed by atoms with Gasteiger partial charge in [0.2, 0.25) is 0 Å². The molecule has 0 aliphatic carbocycles.